The second kappa shape index (κ2) is 8.91. The van der Waals surface area contributed by atoms with Crippen LogP contribution in [0.2, 0.25) is 5.02 Å². The molecular formula is C23H21ClN4O2S. The molecule has 1 aliphatic rings. The van der Waals surface area contributed by atoms with Gasteiger partial charge in [0.25, 0.3) is 0 Å². The monoisotopic (exact) mass is 452 g/mol. The van der Waals surface area contributed by atoms with E-state index in [0.717, 1.165) is 16.8 Å². The number of carbonyl (C=O) groups excluding carboxylic acids is 1. The molecule has 31 heavy (non-hydrogen) atoms. The van der Waals surface area contributed by atoms with Crippen LogP contribution >= 0.6 is 23.8 Å². The molecule has 0 spiro atoms. The minimum absolute atomic E-state index is 0.271. The van der Waals surface area contributed by atoms with Gasteiger partial charge in [0.15, 0.2) is 5.11 Å². The maximum Gasteiger partial charge on any atom is 0.317 e. The number of rotatable bonds is 5. The summed E-state index contributed by atoms with van der Waals surface area (Å²) in [5.74, 6) is -1.05. The summed E-state index contributed by atoms with van der Waals surface area (Å²) in [6, 6.07) is 16.7. The highest BCUT2D eigenvalue weighted by atomic mass is 35.5. The summed E-state index contributed by atoms with van der Waals surface area (Å²) in [7, 11) is 0. The van der Waals surface area contributed by atoms with E-state index in [9.17, 15) is 4.79 Å². The Morgan fingerprint density at radius 2 is 1.94 bits per heavy atom. The average molecular weight is 453 g/mol. The van der Waals surface area contributed by atoms with Crippen molar-refractivity contribution in [3.8, 4) is 16.9 Å². The molecule has 158 valence electrons. The van der Waals surface area contributed by atoms with Crippen molar-refractivity contribution < 1.29 is 9.53 Å². The van der Waals surface area contributed by atoms with Crippen LogP contribution in [-0.4, -0.2) is 27.5 Å². The van der Waals surface area contributed by atoms with Gasteiger partial charge in [0, 0.05) is 28.0 Å². The fourth-order valence-corrected chi connectivity index (χ4v) is 4.00. The number of hydrogen-bond donors (Lipinski definition) is 2. The predicted molar refractivity (Wildman–Crippen MR) is 125 cm³/mol. The third kappa shape index (κ3) is 4.33. The summed E-state index contributed by atoms with van der Waals surface area (Å²) < 4.78 is 7.11. The minimum atomic E-state index is -0.675. The Morgan fingerprint density at radius 3 is 2.61 bits per heavy atom. The molecule has 1 saturated heterocycles. The van der Waals surface area contributed by atoms with Crippen molar-refractivity contribution in [2.45, 2.75) is 13.0 Å². The topological polar surface area (TPSA) is 68.2 Å². The smallest absolute Gasteiger partial charge is 0.317 e. The zero-order valence-electron chi connectivity index (χ0n) is 16.8. The first kappa shape index (κ1) is 21.1. The van der Waals surface area contributed by atoms with Crippen LogP contribution in [0.3, 0.4) is 0 Å². The van der Waals surface area contributed by atoms with E-state index in [1.165, 1.54) is 0 Å². The van der Waals surface area contributed by atoms with Crippen LogP contribution in [0.4, 0.5) is 0 Å². The molecule has 0 saturated carbocycles. The Labute approximate surface area is 190 Å². The molecule has 6 nitrogen and oxygen atoms in total. The molecule has 2 atom stereocenters. The standard InChI is InChI=1S/C23H21ClN4O2S/c1-3-30-22(29)19-14(2)25-23(31)26-21(19)18-13-28(17-7-5-4-6-8-17)27-20(18)15-9-11-16(24)12-10-15/h4-13,19,21H,2-3H2,1H3,(H2,25,26,31). The SMILES string of the molecule is C=C1NC(=S)NC(c2cn(-c3ccccc3)nc2-c2ccc(Cl)cc2)C1C(=O)OCC. The number of hydrogen-bond acceptors (Lipinski definition) is 4. The van der Waals surface area contributed by atoms with Crippen molar-refractivity contribution in [3.63, 3.8) is 0 Å². The van der Waals surface area contributed by atoms with Crippen LogP contribution in [0.1, 0.15) is 18.5 Å². The van der Waals surface area contributed by atoms with Gasteiger partial charge in [-0.15, -0.1) is 0 Å². The number of aromatic nitrogens is 2. The fourth-order valence-electron chi connectivity index (χ4n) is 3.61. The zero-order valence-corrected chi connectivity index (χ0v) is 18.4. The summed E-state index contributed by atoms with van der Waals surface area (Å²) in [5.41, 5.74) is 3.77. The maximum absolute atomic E-state index is 12.8. The minimum Gasteiger partial charge on any atom is -0.465 e. The Kier molecular flexibility index (Phi) is 6.06. The Balaban J connectivity index is 1.87. The normalized spacial score (nSPS) is 18.3. The molecule has 0 radical (unpaired) electrons. The largest absolute Gasteiger partial charge is 0.465 e. The zero-order chi connectivity index (χ0) is 22.0. The number of nitrogens with zero attached hydrogens (tertiary/aromatic N) is 2. The second-order valence-corrected chi connectivity index (χ2v) is 7.90. The Bertz CT molecular complexity index is 1130. The van der Waals surface area contributed by atoms with E-state index in [-0.39, 0.29) is 12.6 Å². The number of thiocarbonyl (C=S) groups is 1. The molecule has 2 N–H and O–H groups in total. The van der Waals surface area contributed by atoms with Crippen LogP contribution in [-0.2, 0) is 9.53 Å². The summed E-state index contributed by atoms with van der Waals surface area (Å²) in [4.78, 5) is 12.8. The van der Waals surface area contributed by atoms with E-state index in [0.29, 0.717) is 21.5 Å². The number of ether oxygens (including phenoxy) is 1. The van der Waals surface area contributed by atoms with Gasteiger partial charge < -0.3 is 15.4 Å². The van der Waals surface area contributed by atoms with Gasteiger partial charge in [-0.05, 0) is 43.4 Å². The van der Waals surface area contributed by atoms with Gasteiger partial charge in [-0.2, -0.15) is 5.10 Å². The van der Waals surface area contributed by atoms with Crippen LogP contribution in [0.15, 0.2) is 73.1 Å². The van der Waals surface area contributed by atoms with Gasteiger partial charge in [-0.3, -0.25) is 4.79 Å². The first-order valence-electron chi connectivity index (χ1n) is 9.81. The first-order valence-corrected chi connectivity index (χ1v) is 10.6. The van der Waals surface area contributed by atoms with E-state index in [4.69, 9.17) is 33.7 Å². The molecule has 1 fully saturated rings. The molecule has 1 aliphatic heterocycles. The molecule has 0 bridgehead atoms. The fraction of sp³-hybridized carbons (Fsp3) is 0.174. The van der Waals surface area contributed by atoms with Crippen LogP contribution in [0, 0.1) is 5.92 Å². The number of nitrogens with one attached hydrogen (secondary N) is 2. The molecule has 2 aromatic carbocycles. The molecule has 1 aromatic heterocycles. The van der Waals surface area contributed by atoms with E-state index in [2.05, 4.69) is 17.2 Å². The van der Waals surface area contributed by atoms with Crippen LogP contribution < -0.4 is 10.6 Å². The summed E-state index contributed by atoms with van der Waals surface area (Å²) in [5, 5.41) is 12.0. The van der Waals surface area contributed by atoms with E-state index in [1.54, 1.807) is 11.6 Å². The number of esters is 1. The Morgan fingerprint density at radius 1 is 1.23 bits per heavy atom. The van der Waals surface area contributed by atoms with Crippen molar-refractivity contribution in [1.29, 1.82) is 0 Å². The molecular weight excluding hydrogens is 432 g/mol. The molecule has 0 aliphatic carbocycles. The predicted octanol–water partition coefficient (Wildman–Crippen LogP) is 4.40. The number of carbonyl (C=O) groups is 1. The summed E-state index contributed by atoms with van der Waals surface area (Å²) >= 11 is 11.5. The summed E-state index contributed by atoms with van der Waals surface area (Å²) in [6.45, 7) is 6.07. The van der Waals surface area contributed by atoms with Crippen molar-refractivity contribution in [1.82, 2.24) is 20.4 Å². The molecule has 2 heterocycles. The lowest BCUT2D eigenvalue weighted by molar-refractivity contribution is -0.147. The molecule has 8 heteroatoms. The molecule has 2 unspecified atom stereocenters. The van der Waals surface area contributed by atoms with Crippen LogP contribution in [0.5, 0.6) is 0 Å². The number of para-hydroxylation sites is 1. The van der Waals surface area contributed by atoms with Gasteiger partial charge in [0.2, 0.25) is 0 Å². The van der Waals surface area contributed by atoms with Gasteiger partial charge >= 0.3 is 5.97 Å². The van der Waals surface area contributed by atoms with E-state index >= 15 is 0 Å². The molecule has 4 rings (SSSR count). The third-order valence-electron chi connectivity index (χ3n) is 5.03. The molecule has 3 aromatic rings. The Hall–Kier alpha value is -3.16. The van der Waals surface area contributed by atoms with E-state index < -0.39 is 12.0 Å². The summed E-state index contributed by atoms with van der Waals surface area (Å²) in [6.07, 6.45) is 1.91. The highest BCUT2D eigenvalue weighted by Gasteiger charge is 2.40. The highest BCUT2D eigenvalue weighted by Crippen LogP contribution is 2.36. The average Bonchev–Trinajstić information content (AvgIpc) is 3.20. The quantitative estimate of drug-likeness (QED) is 0.441. The van der Waals surface area contributed by atoms with Crippen molar-refractivity contribution in [2.24, 2.45) is 5.92 Å². The van der Waals surface area contributed by atoms with E-state index in [1.807, 2.05) is 60.8 Å². The lowest BCUT2D eigenvalue weighted by Crippen LogP contribution is -2.51. The van der Waals surface area contributed by atoms with Gasteiger partial charge in [-0.25, -0.2) is 4.68 Å². The van der Waals surface area contributed by atoms with Crippen molar-refractivity contribution in [2.75, 3.05) is 6.61 Å². The van der Waals surface area contributed by atoms with Gasteiger partial charge in [-0.1, -0.05) is 48.5 Å². The maximum atomic E-state index is 12.8. The number of halogens is 1. The molecule has 0 amide bonds. The number of benzene rings is 2. The van der Waals surface area contributed by atoms with Crippen molar-refractivity contribution in [3.05, 3.63) is 83.7 Å². The highest BCUT2D eigenvalue weighted by molar-refractivity contribution is 7.80. The van der Waals surface area contributed by atoms with Crippen LogP contribution in [0.25, 0.3) is 16.9 Å². The lowest BCUT2D eigenvalue weighted by Gasteiger charge is -2.34. The van der Waals surface area contributed by atoms with Gasteiger partial charge in [0.1, 0.15) is 5.92 Å². The van der Waals surface area contributed by atoms with Crippen molar-refractivity contribution >= 4 is 34.9 Å². The second-order valence-electron chi connectivity index (χ2n) is 7.05. The third-order valence-corrected chi connectivity index (χ3v) is 5.50. The first-order chi connectivity index (χ1) is 15.0. The lowest BCUT2D eigenvalue weighted by atomic mass is 9.88. The van der Waals surface area contributed by atoms with Gasteiger partial charge in [0.05, 0.1) is 24.0 Å².